The van der Waals surface area contributed by atoms with Crippen molar-refractivity contribution in [3.05, 3.63) is 82.7 Å². The molecule has 0 aliphatic carbocycles. The first-order valence-corrected chi connectivity index (χ1v) is 7.96. The largest absolute Gasteiger partial charge is 0.456 e. The molecule has 0 radical (unpaired) electrons. The van der Waals surface area contributed by atoms with E-state index in [4.69, 9.17) is 4.42 Å². The van der Waals surface area contributed by atoms with Crippen molar-refractivity contribution in [2.24, 2.45) is 4.99 Å². The van der Waals surface area contributed by atoms with Gasteiger partial charge in [0.25, 0.3) is 0 Å². The van der Waals surface area contributed by atoms with Crippen LogP contribution in [0.25, 0.3) is 34.2 Å². The standard InChI is InChI=1S/C22H17NO/c1-3-23-22(17-9-5-4-8-15(17)2)16-12-13-21-19(14-16)18-10-6-7-11-20(18)24-21/h3-14H,2H2,1H3/b22-17-,23-3?. The van der Waals surface area contributed by atoms with Gasteiger partial charge in [0.1, 0.15) is 11.2 Å². The smallest absolute Gasteiger partial charge is 0.135 e. The quantitative estimate of drug-likeness (QED) is 0.508. The highest BCUT2D eigenvalue weighted by molar-refractivity contribution is 6.05. The van der Waals surface area contributed by atoms with Crippen molar-refractivity contribution < 1.29 is 4.42 Å². The lowest BCUT2D eigenvalue weighted by molar-refractivity contribution is 0.669. The van der Waals surface area contributed by atoms with Crippen LogP contribution in [0, 0.1) is 0 Å². The number of benzene rings is 3. The van der Waals surface area contributed by atoms with Gasteiger partial charge in [-0.15, -0.1) is 0 Å². The summed E-state index contributed by atoms with van der Waals surface area (Å²) >= 11 is 0. The number of fused-ring (bicyclic) bond motifs is 3. The molecule has 0 unspecified atom stereocenters. The third kappa shape index (κ3) is 2.33. The fourth-order valence-electron chi connectivity index (χ4n) is 3.05. The van der Waals surface area contributed by atoms with Crippen molar-refractivity contribution in [3.8, 4) is 0 Å². The molecular weight excluding hydrogens is 294 g/mol. The van der Waals surface area contributed by atoms with Gasteiger partial charge in [-0.25, -0.2) is 0 Å². The van der Waals surface area contributed by atoms with E-state index in [-0.39, 0.29) is 0 Å². The number of rotatable bonds is 2. The molecule has 0 amide bonds. The van der Waals surface area contributed by atoms with Crippen molar-refractivity contribution in [2.75, 3.05) is 0 Å². The Labute approximate surface area is 140 Å². The number of hydrogen-bond donors (Lipinski definition) is 0. The number of para-hydroxylation sites is 1. The van der Waals surface area contributed by atoms with Crippen LogP contribution in [0.4, 0.5) is 0 Å². The summed E-state index contributed by atoms with van der Waals surface area (Å²) in [5.41, 5.74) is 3.78. The predicted octanol–water partition coefficient (Wildman–Crippen LogP) is 4.24. The van der Waals surface area contributed by atoms with Crippen LogP contribution in [0.2, 0.25) is 0 Å². The van der Waals surface area contributed by atoms with Crippen LogP contribution in [0.3, 0.4) is 0 Å². The summed E-state index contributed by atoms with van der Waals surface area (Å²) in [7, 11) is 0. The molecular formula is C22H17NO. The van der Waals surface area contributed by atoms with Gasteiger partial charge in [0.15, 0.2) is 0 Å². The molecule has 0 saturated heterocycles. The van der Waals surface area contributed by atoms with Gasteiger partial charge in [-0.05, 0) is 36.4 Å². The maximum Gasteiger partial charge on any atom is 0.135 e. The highest BCUT2D eigenvalue weighted by Crippen LogP contribution is 2.30. The van der Waals surface area contributed by atoms with Crippen molar-refractivity contribution in [1.29, 1.82) is 0 Å². The minimum atomic E-state index is 0.891. The van der Waals surface area contributed by atoms with E-state index in [0.29, 0.717) is 0 Å². The van der Waals surface area contributed by atoms with Crippen molar-refractivity contribution in [3.63, 3.8) is 0 Å². The van der Waals surface area contributed by atoms with Crippen LogP contribution in [-0.2, 0) is 0 Å². The number of aliphatic imine (C=N–C) groups is 1. The first-order valence-electron chi connectivity index (χ1n) is 7.96. The zero-order valence-electron chi connectivity index (χ0n) is 13.5. The molecule has 24 heavy (non-hydrogen) atoms. The molecule has 116 valence electrons. The van der Waals surface area contributed by atoms with Crippen molar-refractivity contribution in [2.45, 2.75) is 6.92 Å². The minimum Gasteiger partial charge on any atom is -0.456 e. The van der Waals surface area contributed by atoms with Gasteiger partial charge >= 0.3 is 0 Å². The van der Waals surface area contributed by atoms with E-state index in [9.17, 15) is 0 Å². The molecule has 2 nitrogen and oxygen atoms in total. The number of nitrogens with zero attached hydrogens (tertiary/aromatic N) is 1. The van der Waals surface area contributed by atoms with E-state index in [1.165, 1.54) is 0 Å². The molecule has 4 rings (SSSR count). The molecule has 0 fully saturated rings. The van der Waals surface area contributed by atoms with Gasteiger partial charge in [-0.2, -0.15) is 0 Å². The Morgan fingerprint density at radius 1 is 0.917 bits per heavy atom. The van der Waals surface area contributed by atoms with E-state index in [1.54, 1.807) is 0 Å². The Morgan fingerprint density at radius 3 is 2.50 bits per heavy atom. The van der Waals surface area contributed by atoms with Crippen LogP contribution >= 0.6 is 0 Å². The lowest BCUT2D eigenvalue weighted by atomic mass is 10.0. The highest BCUT2D eigenvalue weighted by Gasteiger charge is 2.09. The molecule has 0 bridgehead atoms. The lowest BCUT2D eigenvalue weighted by Crippen LogP contribution is -2.24. The molecule has 0 spiro atoms. The van der Waals surface area contributed by atoms with E-state index in [2.05, 4.69) is 35.8 Å². The number of furan rings is 1. The summed E-state index contributed by atoms with van der Waals surface area (Å²) in [6, 6.07) is 22.4. The van der Waals surface area contributed by atoms with E-state index < -0.39 is 0 Å². The molecule has 1 heterocycles. The van der Waals surface area contributed by atoms with E-state index in [1.807, 2.05) is 55.6 Å². The average molecular weight is 311 g/mol. The van der Waals surface area contributed by atoms with Gasteiger partial charge in [-0.3, -0.25) is 4.99 Å². The van der Waals surface area contributed by atoms with Crippen LogP contribution in [0.5, 0.6) is 0 Å². The summed E-state index contributed by atoms with van der Waals surface area (Å²) < 4.78 is 5.92. The van der Waals surface area contributed by atoms with E-state index >= 15 is 0 Å². The van der Waals surface area contributed by atoms with Crippen LogP contribution < -0.4 is 10.4 Å². The molecule has 0 N–H and O–H groups in total. The third-order valence-electron chi connectivity index (χ3n) is 4.18. The summed E-state index contributed by atoms with van der Waals surface area (Å²) in [4.78, 5) is 4.62. The average Bonchev–Trinajstić information content (AvgIpc) is 2.98. The lowest BCUT2D eigenvalue weighted by Gasteiger charge is -2.03. The van der Waals surface area contributed by atoms with Gasteiger partial charge < -0.3 is 4.42 Å². The summed E-state index contributed by atoms with van der Waals surface area (Å²) in [6.45, 7) is 6.07. The third-order valence-corrected chi connectivity index (χ3v) is 4.18. The van der Waals surface area contributed by atoms with Crippen LogP contribution in [0.1, 0.15) is 12.5 Å². The van der Waals surface area contributed by atoms with Crippen molar-refractivity contribution in [1.82, 2.24) is 0 Å². The fraction of sp³-hybridized carbons (Fsp3) is 0.0455. The maximum atomic E-state index is 5.92. The predicted molar refractivity (Wildman–Crippen MR) is 102 cm³/mol. The van der Waals surface area contributed by atoms with Gasteiger partial charge in [-0.1, -0.05) is 49.0 Å². The summed E-state index contributed by atoms with van der Waals surface area (Å²) in [6.07, 6.45) is 1.82. The zero-order valence-corrected chi connectivity index (χ0v) is 13.5. The maximum absolute atomic E-state index is 5.92. The molecule has 4 aromatic rings. The van der Waals surface area contributed by atoms with Crippen LogP contribution in [-0.4, -0.2) is 6.21 Å². The fourth-order valence-corrected chi connectivity index (χ4v) is 3.05. The second-order valence-electron chi connectivity index (χ2n) is 5.70. The topological polar surface area (TPSA) is 25.5 Å². The Morgan fingerprint density at radius 2 is 1.67 bits per heavy atom. The first kappa shape index (κ1) is 14.5. The minimum absolute atomic E-state index is 0.891. The molecule has 2 heteroatoms. The van der Waals surface area contributed by atoms with Gasteiger partial charge in [0.05, 0.1) is 5.70 Å². The monoisotopic (exact) mass is 311 g/mol. The SMILES string of the molecule is C=c1cccc/c1=C(/N=CC)c1ccc2oc3ccccc3c2c1. The first-order chi connectivity index (χ1) is 11.8. The van der Waals surface area contributed by atoms with Crippen molar-refractivity contribution >= 4 is 40.4 Å². The highest BCUT2D eigenvalue weighted by atomic mass is 16.3. The number of hydrogen-bond acceptors (Lipinski definition) is 2. The zero-order chi connectivity index (χ0) is 16.5. The molecule has 0 atom stereocenters. The van der Waals surface area contributed by atoms with E-state index in [0.717, 1.165) is 43.6 Å². The van der Waals surface area contributed by atoms with Gasteiger partial charge in [0.2, 0.25) is 0 Å². The normalized spacial score (nSPS) is 13.0. The summed E-state index contributed by atoms with van der Waals surface area (Å²) in [5.74, 6) is 0. The molecule has 0 aliphatic rings. The summed E-state index contributed by atoms with van der Waals surface area (Å²) in [5, 5.41) is 4.24. The Kier molecular flexibility index (Phi) is 3.51. The van der Waals surface area contributed by atoms with Crippen LogP contribution in [0.15, 0.2) is 76.1 Å². The molecule has 0 aliphatic heterocycles. The molecule has 0 saturated carbocycles. The Bertz CT molecular complexity index is 1180. The van der Waals surface area contributed by atoms with Gasteiger partial charge in [0, 0.05) is 27.8 Å². The second kappa shape index (κ2) is 5.82. The Balaban J connectivity index is 2.07. The second-order valence-corrected chi connectivity index (χ2v) is 5.70. The molecule has 1 aromatic heterocycles. The Hall–Kier alpha value is -3.13. The molecule has 3 aromatic carbocycles.